The van der Waals surface area contributed by atoms with Crippen LogP contribution in [0.4, 0.5) is 0 Å². The van der Waals surface area contributed by atoms with Gasteiger partial charge in [-0.3, -0.25) is 4.79 Å². The van der Waals surface area contributed by atoms with Crippen molar-refractivity contribution in [2.75, 3.05) is 13.6 Å². The summed E-state index contributed by atoms with van der Waals surface area (Å²) in [6.07, 6.45) is 6.16. The minimum atomic E-state index is 0.249. The molecule has 0 bridgehead atoms. The van der Waals surface area contributed by atoms with Crippen LogP contribution in [0.3, 0.4) is 0 Å². The summed E-state index contributed by atoms with van der Waals surface area (Å²) in [5.74, 6) is 0.730. The van der Waals surface area contributed by atoms with E-state index in [-0.39, 0.29) is 5.91 Å². The summed E-state index contributed by atoms with van der Waals surface area (Å²) in [6.45, 7) is 0.695. The Morgan fingerprint density at radius 3 is 2.65 bits per heavy atom. The van der Waals surface area contributed by atoms with Gasteiger partial charge in [0.2, 0.25) is 5.91 Å². The SMILES string of the molecule is CN(C(=O)CCc1ccccc1)C1CCCCC1CN. The van der Waals surface area contributed by atoms with E-state index in [2.05, 4.69) is 12.1 Å². The summed E-state index contributed by atoms with van der Waals surface area (Å²) in [5, 5.41) is 0. The number of carbonyl (C=O) groups excluding carboxylic acids is 1. The molecule has 1 aromatic rings. The van der Waals surface area contributed by atoms with Crippen LogP contribution in [0, 0.1) is 5.92 Å². The second-order valence-electron chi connectivity index (χ2n) is 5.84. The molecule has 1 aliphatic rings. The molecule has 2 unspecified atom stereocenters. The Balaban J connectivity index is 1.87. The molecule has 1 saturated carbocycles. The third-order valence-corrected chi connectivity index (χ3v) is 4.53. The Bertz CT molecular complexity index is 418. The van der Waals surface area contributed by atoms with Crippen molar-refractivity contribution in [2.45, 2.75) is 44.6 Å². The van der Waals surface area contributed by atoms with E-state index < -0.39 is 0 Å². The highest BCUT2D eigenvalue weighted by atomic mass is 16.2. The number of rotatable bonds is 5. The monoisotopic (exact) mass is 274 g/mol. The zero-order valence-electron chi connectivity index (χ0n) is 12.4. The highest BCUT2D eigenvalue weighted by Gasteiger charge is 2.29. The van der Waals surface area contributed by atoms with Gasteiger partial charge in [-0.25, -0.2) is 0 Å². The number of amides is 1. The number of nitrogens with two attached hydrogens (primary N) is 1. The van der Waals surface area contributed by atoms with Crippen molar-refractivity contribution in [1.82, 2.24) is 4.90 Å². The molecule has 2 atom stereocenters. The molecule has 0 radical (unpaired) electrons. The highest BCUT2D eigenvalue weighted by molar-refractivity contribution is 5.76. The minimum absolute atomic E-state index is 0.249. The molecule has 0 saturated heterocycles. The lowest BCUT2D eigenvalue weighted by molar-refractivity contribution is -0.133. The lowest BCUT2D eigenvalue weighted by Gasteiger charge is -2.37. The van der Waals surface area contributed by atoms with Crippen molar-refractivity contribution in [3.8, 4) is 0 Å². The lowest BCUT2D eigenvalue weighted by Crippen LogP contribution is -2.46. The van der Waals surface area contributed by atoms with Crippen molar-refractivity contribution in [1.29, 1.82) is 0 Å². The van der Waals surface area contributed by atoms with Crippen LogP contribution in [0.15, 0.2) is 30.3 Å². The van der Waals surface area contributed by atoms with Gasteiger partial charge in [-0.1, -0.05) is 43.2 Å². The first kappa shape index (κ1) is 15.0. The Morgan fingerprint density at radius 1 is 1.25 bits per heavy atom. The predicted molar refractivity (Wildman–Crippen MR) is 82.3 cm³/mol. The fraction of sp³-hybridized carbons (Fsp3) is 0.588. The number of benzene rings is 1. The van der Waals surface area contributed by atoms with Crippen LogP contribution < -0.4 is 5.73 Å². The first-order valence-corrected chi connectivity index (χ1v) is 7.72. The Kier molecular flexibility index (Phi) is 5.60. The van der Waals surface area contributed by atoms with Gasteiger partial charge in [-0.15, -0.1) is 0 Å². The Hall–Kier alpha value is -1.35. The van der Waals surface area contributed by atoms with Gasteiger partial charge in [0.15, 0.2) is 0 Å². The smallest absolute Gasteiger partial charge is 0.222 e. The van der Waals surface area contributed by atoms with Crippen molar-refractivity contribution in [3.05, 3.63) is 35.9 Å². The first-order valence-electron chi connectivity index (χ1n) is 7.72. The average molecular weight is 274 g/mol. The molecule has 0 aromatic heterocycles. The third-order valence-electron chi connectivity index (χ3n) is 4.53. The molecule has 1 aromatic carbocycles. The zero-order chi connectivity index (χ0) is 14.4. The highest BCUT2D eigenvalue weighted by Crippen LogP contribution is 2.27. The van der Waals surface area contributed by atoms with E-state index >= 15 is 0 Å². The molecule has 1 fully saturated rings. The second-order valence-corrected chi connectivity index (χ2v) is 5.84. The van der Waals surface area contributed by atoms with E-state index in [1.807, 2.05) is 30.1 Å². The lowest BCUT2D eigenvalue weighted by atomic mass is 9.83. The van der Waals surface area contributed by atoms with Gasteiger partial charge >= 0.3 is 0 Å². The van der Waals surface area contributed by atoms with Gasteiger partial charge in [0.25, 0.3) is 0 Å². The first-order chi connectivity index (χ1) is 9.72. The topological polar surface area (TPSA) is 46.3 Å². The quantitative estimate of drug-likeness (QED) is 0.897. The standard InChI is InChI=1S/C17H26N2O/c1-19(16-10-6-5-9-15(16)13-18)17(20)12-11-14-7-3-2-4-8-14/h2-4,7-8,15-16H,5-6,9-13,18H2,1H3. The number of hydrogen-bond donors (Lipinski definition) is 1. The molecular formula is C17H26N2O. The number of aryl methyl sites for hydroxylation is 1. The van der Waals surface area contributed by atoms with Crippen LogP contribution in [0.5, 0.6) is 0 Å². The van der Waals surface area contributed by atoms with E-state index in [9.17, 15) is 4.79 Å². The van der Waals surface area contributed by atoms with Crippen molar-refractivity contribution in [2.24, 2.45) is 11.7 Å². The minimum Gasteiger partial charge on any atom is -0.342 e. The molecule has 2 N–H and O–H groups in total. The molecule has 20 heavy (non-hydrogen) atoms. The third kappa shape index (κ3) is 3.83. The molecule has 3 heteroatoms. The van der Waals surface area contributed by atoms with Crippen molar-refractivity contribution >= 4 is 5.91 Å². The molecule has 0 heterocycles. The van der Waals surface area contributed by atoms with Crippen molar-refractivity contribution < 1.29 is 4.79 Å². The van der Waals surface area contributed by atoms with Crippen molar-refractivity contribution in [3.63, 3.8) is 0 Å². The second kappa shape index (κ2) is 7.44. The summed E-state index contributed by atoms with van der Waals surface area (Å²) in [7, 11) is 1.95. The Morgan fingerprint density at radius 2 is 1.95 bits per heavy atom. The number of carbonyl (C=O) groups is 1. The molecule has 0 aliphatic heterocycles. The average Bonchev–Trinajstić information content (AvgIpc) is 2.52. The van der Waals surface area contributed by atoms with E-state index in [4.69, 9.17) is 5.73 Å². The predicted octanol–water partition coefficient (Wildman–Crippen LogP) is 2.60. The number of hydrogen-bond acceptors (Lipinski definition) is 2. The van der Waals surface area contributed by atoms with E-state index in [1.54, 1.807) is 0 Å². The maximum absolute atomic E-state index is 12.4. The Labute approximate surface area is 122 Å². The molecular weight excluding hydrogens is 248 g/mol. The summed E-state index contributed by atoms with van der Waals surface area (Å²) >= 11 is 0. The van der Waals surface area contributed by atoms with Gasteiger partial charge in [0.1, 0.15) is 0 Å². The van der Waals surface area contributed by atoms with Gasteiger partial charge < -0.3 is 10.6 Å². The van der Waals surface area contributed by atoms with E-state index in [1.165, 1.54) is 18.4 Å². The van der Waals surface area contributed by atoms with Gasteiger partial charge in [-0.2, -0.15) is 0 Å². The van der Waals surface area contributed by atoms with Crippen LogP contribution in [-0.2, 0) is 11.2 Å². The van der Waals surface area contributed by atoms with Gasteiger partial charge in [0.05, 0.1) is 0 Å². The summed E-state index contributed by atoms with van der Waals surface area (Å²) < 4.78 is 0. The fourth-order valence-corrected chi connectivity index (χ4v) is 3.23. The fourth-order valence-electron chi connectivity index (χ4n) is 3.23. The normalized spacial score (nSPS) is 22.5. The van der Waals surface area contributed by atoms with E-state index in [0.29, 0.717) is 24.9 Å². The molecule has 1 aliphatic carbocycles. The number of nitrogens with zero attached hydrogens (tertiary/aromatic N) is 1. The molecule has 110 valence electrons. The zero-order valence-corrected chi connectivity index (χ0v) is 12.4. The molecule has 1 amide bonds. The maximum atomic E-state index is 12.4. The van der Waals surface area contributed by atoms with Gasteiger partial charge in [-0.05, 0) is 37.3 Å². The molecule has 3 nitrogen and oxygen atoms in total. The summed E-state index contributed by atoms with van der Waals surface area (Å²) in [5.41, 5.74) is 7.09. The van der Waals surface area contributed by atoms with Crippen LogP contribution in [-0.4, -0.2) is 30.4 Å². The summed E-state index contributed by atoms with van der Waals surface area (Å²) in [6, 6.07) is 10.6. The van der Waals surface area contributed by atoms with Gasteiger partial charge in [0, 0.05) is 19.5 Å². The van der Waals surface area contributed by atoms with E-state index in [0.717, 1.165) is 19.3 Å². The maximum Gasteiger partial charge on any atom is 0.222 e. The van der Waals surface area contributed by atoms with Crippen LogP contribution in [0.25, 0.3) is 0 Å². The largest absolute Gasteiger partial charge is 0.342 e. The molecule has 2 rings (SSSR count). The molecule has 0 spiro atoms. The van der Waals surface area contributed by atoms with Crippen LogP contribution in [0.2, 0.25) is 0 Å². The van der Waals surface area contributed by atoms with Crippen LogP contribution in [0.1, 0.15) is 37.7 Å². The van der Waals surface area contributed by atoms with Crippen LogP contribution >= 0.6 is 0 Å². The summed E-state index contributed by atoms with van der Waals surface area (Å²) in [4.78, 5) is 14.3.